The summed E-state index contributed by atoms with van der Waals surface area (Å²) in [4.78, 5) is 11.6. The highest BCUT2D eigenvalue weighted by Crippen LogP contribution is 2.17. The second kappa shape index (κ2) is 7.94. The van der Waals surface area contributed by atoms with Crippen LogP contribution in [0.25, 0.3) is 0 Å². The smallest absolute Gasteiger partial charge is 0.264 e. The quantitative estimate of drug-likeness (QED) is 0.568. The predicted molar refractivity (Wildman–Crippen MR) is 68.4 cm³/mol. The maximum atomic E-state index is 11.6. The molecule has 0 saturated carbocycles. The van der Waals surface area contributed by atoms with Crippen LogP contribution in [0.2, 0.25) is 0 Å². The van der Waals surface area contributed by atoms with Crippen LogP contribution in [0.1, 0.15) is 33.6 Å². The van der Waals surface area contributed by atoms with E-state index in [9.17, 15) is 4.79 Å². The van der Waals surface area contributed by atoms with Gasteiger partial charge >= 0.3 is 0 Å². The van der Waals surface area contributed by atoms with Gasteiger partial charge in [0, 0.05) is 6.61 Å². The van der Waals surface area contributed by atoms with Crippen molar-refractivity contribution in [3.8, 4) is 0 Å². The molecular weight excluding hydrogens is 258 g/mol. The van der Waals surface area contributed by atoms with Crippen molar-refractivity contribution in [2.45, 2.75) is 57.7 Å². The van der Waals surface area contributed by atoms with E-state index in [0.29, 0.717) is 6.61 Å². The van der Waals surface area contributed by atoms with Gasteiger partial charge in [-0.15, -0.1) is 0 Å². The van der Waals surface area contributed by atoms with Crippen molar-refractivity contribution in [3.63, 3.8) is 0 Å². The molecule has 0 radical (unpaired) electrons. The highest BCUT2D eigenvalue weighted by Gasteiger charge is 2.30. The number of hydrogen-bond acceptors (Lipinski definition) is 4. The summed E-state index contributed by atoms with van der Waals surface area (Å²) in [5.41, 5.74) is -0.951. The fraction of sp³-hybridized carbons (Fsp3) is 0.917. The van der Waals surface area contributed by atoms with E-state index in [-0.39, 0.29) is 24.7 Å². The normalized spacial score (nSPS) is 29.2. The monoisotopic (exact) mass is 279 g/mol. The molecular formula is C12H22ClNO4. The molecule has 1 aliphatic rings. The van der Waals surface area contributed by atoms with Crippen LogP contribution >= 0.6 is 11.6 Å². The van der Waals surface area contributed by atoms with E-state index in [2.05, 4.69) is 5.32 Å². The summed E-state index contributed by atoms with van der Waals surface area (Å²) in [7, 11) is 0. The zero-order chi connectivity index (χ0) is 13.5. The highest BCUT2D eigenvalue weighted by atomic mass is 35.5. The molecule has 3 unspecified atom stereocenters. The number of ether oxygens (including phenoxy) is 3. The number of amides is 1. The van der Waals surface area contributed by atoms with Crippen molar-refractivity contribution in [3.05, 3.63) is 0 Å². The number of hydrogen-bond donors (Lipinski definition) is 1. The summed E-state index contributed by atoms with van der Waals surface area (Å²) >= 11 is 5.79. The first-order valence-corrected chi connectivity index (χ1v) is 6.82. The Bertz CT molecular complexity index is 254. The Hall–Kier alpha value is -0.360. The Kier molecular flexibility index (Phi) is 6.92. The summed E-state index contributed by atoms with van der Waals surface area (Å²) in [5, 5.41) is 2.65. The lowest BCUT2D eigenvalue weighted by Gasteiger charge is -2.14. The summed E-state index contributed by atoms with van der Waals surface area (Å²) in [5.74, 6) is -0.354. The zero-order valence-corrected chi connectivity index (χ0v) is 11.9. The first-order chi connectivity index (χ1) is 8.54. The van der Waals surface area contributed by atoms with Gasteiger partial charge < -0.3 is 19.5 Å². The largest absolute Gasteiger partial charge is 0.354 e. The maximum absolute atomic E-state index is 11.6. The number of alkyl halides is 1. The first-order valence-electron chi connectivity index (χ1n) is 6.39. The number of rotatable bonds is 7. The summed E-state index contributed by atoms with van der Waals surface area (Å²) in [6, 6.07) is 0. The third-order valence-corrected chi connectivity index (χ3v) is 3.13. The minimum absolute atomic E-state index is 0.0412. The van der Waals surface area contributed by atoms with Gasteiger partial charge in [-0.2, -0.15) is 0 Å². The van der Waals surface area contributed by atoms with E-state index in [1.165, 1.54) is 0 Å². The Labute approximate surface area is 113 Å². The van der Waals surface area contributed by atoms with Crippen molar-refractivity contribution >= 4 is 17.5 Å². The lowest BCUT2D eigenvalue weighted by molar-refractivity contribution is -0.130. The van der Waals surface area contributed by atoms with Crippen molar-refractivity contribution in [2.75, 3.05) is 13.2 Å². The molecule has 1 heterocycles. The minimum atomic E-state index is -0.951. The molecule has 0 aromatic carbocycles. The first kappa shape index (κ1) is 15.7. The van der Waals surface area contributed by atoms with Gasteiger partial charge in [0.2, 0.25) is 5.56 Å². The molecule has 0 bridgehead atoms. The molecule has 0 aliphatic carbocycles. The Balaban J connectivity index is 2.16. The SMILES string of the molecule is CCCCOC(Cl)C(=O)NCC1OC(C)C(C)O1. The van der Waals surface area contributed by atoms with Crippen LogP contribution < -0.4 is 5.32 Å². The minimum Gasteiger partial charge on any atom is -0.354 e. The molecule has 0 spiro atoms. The lowest BCUT2D eigenvalue weighted by atomic mass is 10.3. The van der Waals surface area contributed by atoms with E-state index in [1.807, 2.05) is 20.8 Å². The van der Waals surface area contributed by atoms with Gasteiger partial charge in [-0.05, 0) is 20.3 Å². The number of unbranched alkanes of at least 4 members (excludes halogenated alkanes) is 1. The van der Waals surface area contributed by atoms with Crippen LogP contribution in [-0.4, -0.2) is 43.1 Å². The van der Waals surface area contributed by atoms with Crippen molar-refractivity contribution < 1.29 is 19.0 Å². The number of halogens is 1. The molecule has 106 valence electrons. The molecule has 5 nitrogen and oxygen atoms in total. The van der Waals surface area contributed by atoms with Gasteiger partial charge in [0.15, 0.2) is 6.29 Å². The Morgan fingerprint density at radius 3 is 2.56 bits per heavy atom. The molecule has 3 atom stereocenters. The summed E-state index contributed by atoms with van der Waals surface area (Å²) in [6.45, 7) is 6.69. The van der Waals surface area contributed by atoms with Crippen LogP contribution in [0.3, 0.4) is 0 Å². The standard InChI is InChI=1S/C12H22ClNO4/c1-4-5-6-16-11(13)12(15)14-7-10-17-8(2)9(3)18-10/h8-11H,4-7H2,1-3H3,(H,14,15). The Morgan fingerprint density at radius 2 is 2.00 bits per heavy atom. The van der Waals surface area contributed by atoms with E-state index >= 15 is 0 Å². The number of nitrogens with one attached hydrogen (secondary N) is 1. The molecule has 1 aliphatic heterocycles. The summed E-state index contributed by atoms with van der Waals surface area (Å²) in [6.07, 6.45) is 1.57. The van der Waals surface area contributed by atoms with Crippen LogP contribution in [-0.2, 0) is 19.0 Å². The molecule has 0 aromatic heterocycles. The van der Waals surface area contributed by atoms with Gasteiger partial charge in [-0.3, -0.25) is 4.79 Å². The number of carbonyl (C=O) groups is 1. The van der Waals surface area contributed by atoms with Crippen LogP contribution in [0.4, 0.5) is 0 Å². The predicted octanol–water partition coefficient (Wildman–Crippen LogP) is 1.63. The second-order valence-corrected chi connectivity index (χ2v) is 4.79. The molecule has 18 heavy (non-hydrogen) atoms. The zero-order valence-electron chi connectivity index (χ0n) is 11.1. The molecule has 1 fully saturated rings. The van der Waals surface area contributed by atoms with E-state index in [0.717, 1.165) is 12.8 Å². The van der Waals surface area contributed by atoms with E-state index < -0.39 is 11.9 Å². The van der Waals surface area contributed by atoms with Gasteiger partial charge in [0.05, 0.1) is 18.8 Å². The maximum Gasteiger partial charge on any atom is 0.264 e. The molecule has 0 aromatic rings. The van der Waals surface area contributed by atoms with Gasteiger partial charge in [-0.1, -0.05) is 24.9 Å². The van der Waals surface area contributed by atoms with Crippen molar-refractivity contribution in [1.82, 2.24) is 5.32 Å². The Morgan fingerprint density at radius 1 is 1.39 bits per heavy atom. The van der Waals surface area contributed by atoms with Crippen LogP contribution in [0.5, 0.6) is 0 Å². The molecule has 1 amide bonds. The van der Waals surface area contributed by atoms with Crippen LogP contribution in [0.15, 0.2) is 0 Å². The average molecular weight is 280 g/mol. The van der Waals surface area contributed by atoms with Crippen LogP contribution in [0, 0.1) is 0 Å². The second-order valence-electron chi connectivity index (χ2n) is 4.40. The fourth-order valence-corrected chi connectivity index (χ4v) is 1.67. The highest BCUT2D eigenvalue weighted by molar-refractivity contribution is 6.29. The third kappa shape index (κ3) is 5.10. The van der Waals surface area contributed by atoms with E-state index in [1.54, 1.807) is 0 Å². The van der Waals surface area contributed by atoms with Gasteiger partial charge in [-0.25, -0.2) is 0 Å². The lowest BCUT2D eigenvalue weighted by Crippen LogP contribution is -2.38. The summed E-state index contributed by atoms with van der Waals surface area (Å²) < 4.78 is 16.1. The van der Waals surface area contributed by atoms with Crippen molar-refractivity contribution in [2.24, 2.45) is 0 Å². The average Bonchev–Trinajstić information content (AvgIpc) is 2.66. The third-order valence-electron chi connectivity index (χ3n) is 2.81. The molecule has 1 rings (SSSR count). The van der Waals surface area contributed by atoms with E-state index in [4.69, 9.17) is 25.8 Å². The topological polar surface area (TPSA) is 56.8 Å². The molecule has 1 saturated heterocycles. The van der Waals surface area contributed by atoms with Gasteiger partial charge in [0.1, 0.15) is 0 Å². The van der Waals surface area contributed by atoms with Crippen molar-refractivity contribution in [1.29, 1.82) is 0 Å². The molecule has 6 heteroatoms. The van der Waals surface area contributed by atoms with Gasteiger partial charge in [0.25, 0.3) is 5.91 Å². The fourth-order valence-electron chi connectivity index (χ4n) is 1.50. The molecule has 1 N–H and O–H groups in total. The number of carbonyl (C=O) groups excluding carboxylic acids is 1.